The zero-order chi connectivity index (χ0) is 18.6. The molecule has 1 aromatic rings. The third kappa shape index (κ3) is 4.18. The molecule has 0 aliphatic carbocycles. The molecule has 1 saturated heterocycles. The summed E-state index contributed by atoms with van der Waals surface area (Å²) in [5.41, 5.74) is 0.278. The van der Waals surface area contributed by atoms with Gasteiger partial charge in [0.2, 0.25) is 11.8 Å². The van der Waals surface area contributed by atoms with Gasteiger partial charge in [0.05, 0.1) is 5.41 Å². The molecule has 0 saturated carbocycles. The summed E-state index contributed by atoms with van der Waals surface area (Å²) in [6.45, 7) is 5.85. The highest BCUT2D eigenvalue weighted by atomic mass is 16.4. The fourth-order valence-electron chi connectivity index (χ4n) is 3.01. The maximum Gasteiger partial charge on any atom is 0.313 e. The van der Waals surface area contributed by atoms with Crippen molar-refractivity contribution in [3.63, 3.8) is 0 Å². The molecular formula is C19H26N2O4. The smallest absolute Gasteiger partial charge is 0.313 e. The number of likely N-dealkylation sites (tertiary alicyclic amines) is 1. The molecule has 0 radical (unpaired) electrons. The lowest BCUT2D eigenvalue weighted by molar-refractivity contribution is -0.142. The molecule has 25 heavy (non-hydrogen) atoms. The number of carbonyl (C=O) groups excluding carboxylic acids is 2. The number of carboxylic acid groups (broad SMARTS) is 1. The van der Waals surface area contributed by atoms with Gasteiger partial charge in [-0.05, 0) is 50.8 Å². The van der Waals surface area contributed by atoms with Crippen LogP contribution in [0.3, 0.4) is 0 Å². The number of aliphatic carboxylic acids is 1. The molecule has 2 N–H and O–H groups in total. The quantitative estimate of drug-likeness (QED) is 0.829. The number of carboxylic acids is 1. The first kappa shape index (κ1) is 19.0. The summed E-state index contributed by atoms with van der Waals surface area (Å²) < 4.78 is 0. The molecular weight excluding hydrogens is 320 g/mol. The van der Waals surface area contributed by atoms with Crippen molar-refractivity contribution in [3.05, 3.63) is 29.8 Å². The second-order valence-electron chi connectivity index (χ2n) is 6.99. The van der Waals surface area contributed by atoms with Crippen LogP contribution in [0.5, 0.6) is 0 Å². The van der Waals surface area contributed by atoms with Crippen molar-refractivity contribution in [1.29, 1.82) is 0 Å². The first-order valence-electron chi connectivity index (χ1n) is 8.71. The van der Waals surface area contributed by atoms with Crippen LogP contribution in [0.2, 0.25) is 0 Å². The Bertz CT molecular complexity index is 652. The van der Waals surface area contributed by atoms with Crippen molar-refractivity contribution >= 4 is 23.5 Å². The minimum absolute atomic E-state index is 0.0266. The van der Waals surface area contributed by atoms with Gasteiger partial charge in [-0.1, -0.05) is 19.1 Å². The Morgan fingerprint density at radius 1 is 1.24 bits per heavy atom. The number of carbonyl (C=O) groups is 3. The van der Waals surface area contributed by atoms with Crippen LogP contribution in [0.25, 0.3) is 0 Å². The SMILES string of the molecule is CCCC(=O)N1CCCC1C(=O)Nc1ccc(C(C)(C)C(=O)O)cc1. The Labute approximate surface area is 148 Å². The first-order valence-corrected chi connectivity index (χ1v) is 8.71. The highest BCUT2D eigenvalue weighted by Gasteiger charge is 2.33. The number of nitrogens with one attached hydrogen (secondary N) is 1. The van der Waals surface area contributed by atoms with E-state index in [1.165, 1.54) is 0 Å². The fourth-order valence-corrected chi connectivity index (χ4v) is 3.01. The topological polar surface area (TPSA) is 86.7 Å². The van der Waals surface area contributed by atoms with Crippen LogP contribution >= 0.6 is 0 Å². The Balaban J connectivity index is 2.05. The molecule has 6 heteroatoms. The van der Waals surface area contributed by atoms with Crippen molar-refractivity contribution in [2.45, 2.75) is 57.9 Å². The molecule has 136 valence electrons. The van der Waals surface area contributed by atoms with Gasteiger partial charge in [-0.15, -0.1) is 0 Å². The van der Waals surface area contributed by atoms with E-state index in [4.69, 9.17) is 0 Å². The van der Waals surface area contributed by atoms with Crippen LogP contribution in [0.4, 0.5) is 5.69 Å². The number of nitrogens with zero attached hydrogens (tertiary/aromatic N) is 1. The molecule has 1 fully saturated rings. The molecule has 0 bridgehead atoms. The summed E-state index contributed by atoms with van der Waals surface area (Å²) in [6.07, 6.45) is 2.73. The largest absolute Gasteiger partial charge is 0.481 e. The van der Waals surface area contributed by atoms with Gasteiger partial charge in [0.25, 0.3) is 0 Å². The van der Waals surface area contributed by atoms with Crippen molar-refractivity contribution in [2.24, 2.45) is 0 Å². The van der Waals surface area contributed by atoms with Gasteiger partial charge in [-0.2, -0.15) is 0 Å². The van der Waals surface area contributed by atoms with E-state index in [0.717, 1.165) is 12.8 Å². The number of benzene rings is 1. The molecule has 1 aliphatic heterocycles. The van der Waals surface area contributed by atoms with E-state index >= 15 is 0 Å². The van der Waals surface area contributed by atoms with Crippen LogP contribution in [-0.2, 0) is 19.8 Å². The van der Waals surface area contributed by atoms with Gasteiger partial charge in [0, 0.05) is 18.7 Å². The van der Waals surface area contributed by atoms with Gasteiger partial charge in [0.1, 0.15) is 6.04 Å². The number of hydrogen-bond donors (Lipinski definition) is 2. The first-order chi connectivity index (χ1) is 11.8. The van der Waals surface area contributed by atoms with Crippen molar-refractivity contribution in [3.8, 4) is 0 Å². The number of rotatable bonds is 6. The standard InChI is InChI=1S/C19H26N2O4/c1-4-6-16(22)21-12-5-7-15(21)17(23)20-14-10-8-13(9-11-14)19(2,3)18(24)25/h8-11,15H,4-7,12H2,1-3H3,(H,20,23)(H,24,25). The zero-order valence-corrected chi connectivity index (χ0v) is 15.0. The lowest BCUT2D eigenvalue weighted by Gasteiger charge is -2.24. The van der Waals surface area contributed by atoms with Gasteiger partial charge in [-0.25, -0.2) is 0 Å². The van der Waals surface area contributed by atoms with E-state index in [1.54, 1.807) is 43.0 Å². The highest BCUT2D eigenvalue weighted by molar-refractivity contribution is 5.97. The summed E-state index contributed by atoms with van der Waals surface area (Å²) in [5, 5.41) is 12.1. The Kier molecular flexibility index (Phi) is 5.82. The van der Waals surface area contributed by atoms with Crippen LogP contribution in [0, 0.1) is 0 Å². The van der Waals surface area contributed by atoms with Gasteiger partial charge in [0.15, 0.2) is 0 Å². The minimum Gasteiger partial charge on any atom is -0.481 e. The fraction of sp³-hybridized carbons (Fsp3) is 0.526. The Morgan fingerprint density at radius 2 is 1.88 bits per heavy atom. The number of anilines is 1. The zero-order valence-electron chi connectivity index (χ0n) is 15.0. The molecule has 1 heterocycles. The maximum absolute atomic E-state index is 12.5. The molecule has 0 aromatic heterocycles. The highest BCUT2D eigenvalue weighted by Crippen LogP contribution is 2.25. The monoisotopic (exact) mass is 346 g/mol. The summed E-state index contributed by atoms with van der Waals surface area (Å²) in [4.78, 5) is 37.6. The molecule has 0 spiro atoms. The average Bonchev–Trinajstić information content (AvgIpc) is 3.05. The molecule has 2 rings (SSSR count). The number of amides is 2. The predicted molar refractivity (Wildman–Crippen MR) is 95.4 cm³/mol. The second-order valence-corrected chi connectivity index (χ2v) is 6.99. The summed E-state index contributed by atoms with van der Waals surface area (Å²) in [5.74, 6) is -1.06. The molecule has 1 atom stereocenters. The Morgan fingerprint density at radius 3 is 2.44 bits per heavy atom. The summed E-state index contributed by atoms with van der Waals surface area (Å²) in [7, 11) is 0. The van der Waals surface area contributed by atoms with Crippen molar-refractivity contribution in [1.82, 2.24) is 4.90 Å². The minimum atomic E-state index is -0.989. The molecule has 1 aliphatic rings. The number of hydrogen-bond acceptors (Lipinski definition) is 3. The van der Waals surface area contributed by atoms with E-state index in [-0.39, 0.29) is 11.8 Å². The normalized spacial score (nSPS) is 17.4. The third-order valence-electron chi connectivity index (χ3n) is 4.75. The molecule has 2 amide bonds. The van der Waals surface area contributed by atoms with E-state index < -0.39 is 17.4 Å². The van der Waals surface area contributed by atoms with Crippen molar-refractivity contribution < 1.29 is 19.5 Å². The van der Waals surface area contributed by atoms with Gasteiger partial charge < -0.3 is 15.3 Å². The molecule has 1 unspecified atom stereocenters. The second kappa shape index (κ2) is 7.68. The predicted octanol–water partition coefficient (Wildman–Crippen LogP) is 2.78. The van der Waals surface area contributed by atoms with Gasteiger partial charge in [-0.3, -0.25) is 14.4 Å². The van der Waals surface area contributed by atoms with E-state index in [2.05, 4.69) is 5.32 Å². The van der Waals surface area contributed by atoms with Crippen molar-refractivity contribution in [2.75, 3.05) is 11.9 Å². The maximum atomic E-state index is 12.5. The van der Waals surface area contributed by atoms with E-state index in [9.17, 15) is 19.5 Å². The Hall–Kier alpha value is -2.37. The molecule has 1 aromatic carbocycles. The van der Waals surface area contributed by atoms with Crippen LogP contribution in [0.15, 0.2) is 24.3 Å². The lowest BCUT2D eigenvalue weighted by Crippen LogP contribution is -2.43. The van der Waals surface area contributed by atoms with Crippen LogP contribution in [-0.4, -0.2) is 40.4 Å². The third-order valence-corrected chi connectivity index (χ3v) is 4.75. The average molecular weight is 346 g/mol. The summed E-state index contributed by atoms with van der Waals surface area (Å²) >= 11 is 0. The lowest BCUT2D eigenvalue weighted by atomic mass is 9.85. The van der Waals surface area contributed by atoms with E-state index in [1.807, 2.05) is 6.92 Å². The summed E-state index contributed by atoms with van der Waals surface area (Å²) in [6, 6.07) is 6.39. The molecule has 6 nitrogen and oxygen atoms in total. The van der Waals surface area contributed by atoms with Crippen LogP contribution < -0.4 is 5.32 Å². The van der Waals surface area contributed by atoms with Crippen LogP contribution in [0.1, 0.15) is 52.0 Å². The van der Waals surface area contributed by atoms with Gasteiger partial charge >= 0.3 is 5.97 Å². The van der Waals surface area contributed by atoms with E-state index in [0.29, 0.717) is 30.6 Å².